The summed E-state index contributed by atoms with van der Waals surface area (Å²) in [6.07, 6.45) is 5.95. The van der Waals surface area contributed by atoms with Gasteiger partial charge in [-0.1, -0.05) is 24.5 Å². The van der Waals surface area contributed by atoms with Gasteiger partial charge in [-0.05, 0) is 19.8 Å². The molecule has 0 amide bonds. The molecule has 1 heterocycles. The Morgan fingerprint density at radius 1 is 1.41 bits per heavy atom. The highest BCUT2D eigenvalue weighted by Crippen LogP contribution is 2.35. The maximum atomic E-state index is 9.60. The molecule has 1 fully saturated rings. The van der Waals surface area contributed by atoms with Gasteiger partial charge < -0.3 is 10.4 Å². The van der Waals surface area contributed by atoms with Gasteiger partial charge in [-0.3, -0.25) is 0 Å². The molecule has 1 atom stereocenters. The first-order valence-corrected chi connectivity index (χ1v) is 6.33. The number of hydrogen-bond donors (Lipinski definition) is 3. The molecule has 0 spiro atoms. The number of H-pyrrole nitrogens is 1. The highest BCUT2D eigenvalue weighted by atomic mass is 16.3. The fourth-order valence-electron chi connectivity index (χ4n) is 2.51. The first kappa shape index (κ1) is 12.4. The molecule has 0 bridgehead atoms. The molecule has 0 aromatic carbocycles. The molecule has 6 nitrogen and oxygen atoms in total. The average molecular weight is 239 g/mol. The van der Waals surface area contributed by atoms with E-state index in [1.165, 1.54) is 19.3 Å². The van der Waals surface area contributed by atoms with Gasteiger partial charge in [0.15, 0.2) is 5.82 Å². The van der Waals surface area contributed by atoms with Gasteiger partial charge >= 0.3 is 0 Å². The second-order valence-electron chi connectivity index (χ2n) is 5.09. The second-order valence-corrected chi connectivity index (χ2v) is 5.09. The first-order chi connectivity index (χ1) is 8.26. The summed E-state index contributed by atoms with van der Waals surface area (Å²) >= 11 is 0. The Morgan fingerprint density at radius 3 is 2.76 bits per heavy atom. The van der Waals surface area contributed by atoms with Crippen LogP contribution in [-0.2, 0) is 0 Å². The van der Waals surface area contributed by atoms with Crippen molar-refractivity contribution in [1.82, 2.24) is 25.9 Å². The molecular formula is C11H21N5O. The van der Waals surface area contributed by atoms with E-state index in [0.29, 0.717) is 5.82 Å². The predicted molar refractivity (Wildman–Crippen MR) is 63.2 cm³/mol. The van der Waals surface area contributed by atoms with Crippen LogP contribution >= 0.6 is 0 Å². The van der Waals surface area contributed by atoms with Gasteiger partial charge in [-0.15, -0.1) is 10.2 Å². The Bertz CT molecular complexity index is 321. The zero-order chi connectivity index (χ0) is 12.1. The van der Waals surface area contributed by atoms with E-state index in [0.717, 1.165) is 19.4 Å². The molecular weight excluding hydrogens is 218 g/mol. The number of nitrogens with zero attached hydrogens (tertiary/aromatic N) is 3. The summed E-state index contributed by atoms with van der Waals surface area (Å²) in [4.78, 5) is 0. The second kappa shape index (κ2) is 5.55. The van der Waals surface area contributed by atoms with Crippen molar-refractivity contribution >= 4 is 0 Å². The topological polar surface area (TPSA) is 86.7 Å². The molecule has 6 heteroatoms. The number of aromatic nitrogens is 4. The number of aromatic amines is 1. The zero-order valence-electron chi connectivity index (χ0n) is 10.3. The zero-order valence-corrected chi connectivity index (χ0v) is 10.3. The van der Waals surface area contributed by atoms with Crippen LogP contribution in [0.1, 0.15) is 50.9 Å². The van der Waals surface area contributed by atoms with Crippen LogP contribution in [0.2, 0.25) is 0 Å². The predicted octanol–water partition coefficient (Wildman–Crippen LogP) is 0.793. The monoisotopic (exact) mass is 239 g/mol. The molecule has 1 aliphatic carbocycles. The van der Waals surface area contributed by atoms with Crippen LogP contribution in [-0.4, -0.2) is 38.9 Å². The molecule has 3 N–H and O–H groups in total. The van der Waals surface area contributed by atoms with Crippen molar-refractivity contribution in [3.05, 3.63) is 5.82 Å². The third kappa shape index (κ3) is 3.01. The molecule has 2 rings (SSSR count). The third-order valence-corrected chi connectivity index (χ3v) is 3.78. The van der Waals surface area contributed by atoms with Gasteiger partial charge in [0, 0.05) is 18.6 Å². The van der Waals surface area contributed by atoms with Crippen LogP contribution < -0.4 is 5.32 Å². The first-order valence-electron chi connectivity index (χ1n) is 6.33. The van der Waals surface area contributed by atoms with E-state index >= 15 is 0 Å². The quantitative estimate of drug-likeness (QED) is 0.707. The summed E-state index contributed by atoms with van der Waals surface area (Å²) in [6.45, 7) is 3.09. The van der Waals surface area contributed by atoms with E-state index in [-0.39, 0.29) is 18.1 Å². The maximum Gasteiger partial charge on any atom is 0.191 e. The Balaban J connectivity index is 1.87. The third-order valence-electron chi connectivity index (χ3n) is 3.78. The molecule has 96 valence electrons. The van der Waals surface area contributed by atoms with Crippen molar-refractivity contribution < 1.29 is 5.11 Å². The minimum atomic E-state index is 0.0518. The summed E-state index contributed by atoms with van der Waals surface area (Å²) in [5, 5.41) is 26.9. The van der Waals surface area contributed by atoms with Crippen LogP contribution in [0, 0.1) is 5.41 Å². The Labute approximate surface area is 101 Å². The van der Waals surface area contributed by atoms with Crippen molar-refractivity contribution in [2.45, 2.75) is 45.1 Å². The van der Waals surface area contributed by atoms with Gasteiger partial charge in [0.05, 0.1) is 6.04 Å². The lowest BCUT2D eigenvalue weighted by Crippen LogP contribution is -2.40. The van der Waals surface area contributed by atoms with E-state index in [4.69, 9.17) is 0 Å². The number of hydrogen-bond acceptors (Lipinski definition) is 5. The summed E-state index contributed by atoms with van der Waals surface area (Å²) in [5.74, 6) is 0.675. The number of aliphatic hydroxyl groups excluding tert-OH is 1. The van der Waals surface area contributed by atoms with Crippen LogP contribution in [0.4, 0.5) is 0 Å². The lowest BCUT2D eigenvalue weighted by molar-refractivity contribution is 0.0786. The Kier molecular flexibility index (Phi) is 4.06. The van der Waals surface area contributed by atoms with Gasteiger partial charge in [0.1, 0.15) is 0 Å². The largest absolute Gasteiger partial charge is 0.396 e. The smallest absolute Gasteiger partial charge is 0.191 e. The molecule has 17 heavy (non-hydrogen) atoms. The summed E-state index contributed by atoms with van der Waals surface area (Å²) in [5.41, 5.74) is 0.0518. The van der Waals surface area contributed by atoms with Gasteiger partial charge in [0.25, 0.3) is 0 Å². The lowest BCUT2D eigenvalue weighted by atomic mass is 9.74. The SMILES string of the molecule is CC(NCC1(CO)CCCCC1)c1nn[nH]n1. The van der Waals surface area contributed by atoms with Gasteiger partial charge in [-0.2, -0.15) is 5.21 Å². The molecule has 0 saturated heterocycles. The fraction of sp³-hybridized carbons (Fsp3) is 0.909. The van der Waals surface area contributed by atoms with Gasteiger partial charge in [-0.25, -0.2) is 0 Å². The number of aliphatic hydroxyl groups is 1. The number of rotatable bonds is 5. The maximum absolute atomic E-state index is 9.60. The van der Waals surface area contributed by atoms with Crippen LogP contribution in [0.25, 0.3) is 0 Å². The van der Waals surface area contributed by atoms with E-state index in [9.17, 15) is 5.11 Å². The molecule has 1 aromatic rings. The van der Waals surface area contributed by atoms with Crippen molar-refractivity contribution in [2.24, 2.45) is 5.41 Å². The Hall–Kier alpha value is -1.01. The van der Waals surface area contributed by atoms with Crippen molar-refractivity contribution in [3.8, 4) is 0 Å². The van der Waals surface area contributed by atoms with E-state index in [1.807, 2.05) is 6.92 Å². The van der Waals surface area contributed by atoms with E-state index in [2.05, 4.69) is 25.9 Å². The molecule has 1 aromatic heterocycles. The highest BCUT2D eigenvalue weighted by Gasteiger charge is 2.31. The van der Waals surface area contributed by atoms with Gasteiger partial charge in [0.2, 0.25) is 0 Å². The minimum Gasteiger partial charge on any atom is -0.396 e. The van der Waals surface area contributed by atoms with E-state index in [1.54, 1.807) is 0 Å². The molecule has 1 aliphatic rings. The number of nitrogens with one attached hydrogen (secondary N) is 2. The average Bonchev–Trinajstić information content (AvgIpc) is 2.91. The normalized spacial score (nSPS) is 21.3. The minimum absolute atomic E-state index is 0.0518. The lowest BCUT2D eigenvalue weighted by Gasteiger charge is -2.36. The summed E-state index contributed by atoms with van der Waals surface area (Å²) < 4.78 is 0. The van der Waals surface area contributed by atoms with E-state index < -0.39 is 0 Å². The Morgan fingerprint density at radius 2 is 2.18 bits per heavy atom. The molecule has 1 unspecified atom stereocenters. The fourth-order valence-corrected chi connectivity index (χ4v) is 2.51. The summed E-state index contributed by atoms with van der Waals surface area (Å²) in [7, 11) is 0. The van der Waals surface area contributed by atoms with Crippen LogP contribution in [0.3, 0.4) is 0 Å². The number of tetrazole rings is 1. The van der Waals surface area contributed by atoms with Crippen molar-refractivity contribution in [3.63, 3.8) is 0 Å². The summed E-state index contributed by atoms with van der Waals surface area (Å²) in [6, 6.07) is 0.0686. The molecule has 1 saturated carbocycles. The molecule has 0 aliphatic heterocycles. The van der Waals surface area contributed by atoms with Crippen LogP contribution in [0.15, 0.2) is 0 Å². The molecule has 0 radical (unpaired) electrons. The van der Waals surface area contributed by atoms with Crippen molar-refractivity contribution in [1.29, 1.82) is 0 Å². The highest BCUT2D eigenvalue weighted by molar-refractivity contribution is 4.90. The van der Waals surface area contributed by atoms with Crippen molar-refractivity contribution in [2.75, 3.05) is 13.2 Å². The standard InChI is InChI=1S/C11H21N5O/c1-9(10-13-15-16-14-10)12-7-11(8-17)5-3-2-4-6-11/h9,12,17H,2-8H2,1H3,(H,13,14,15,16). The van der Waals surface area contributed by atoms with Crippen LogP contribution in [0.5, 0.6) is 0 Å².